The molecule has 0 aliphatic heterocycles. The maximum absolute atomic E-state index is 2.44. The molecule has 228 valence electrons. The molecule has 0 atom stereocenters. The van der Waals surface area contributed by atoms with Gasteiger partial charge in [0.15, 0.2) is 0 Å². The number of rotatable bonds is 3. The van der Waals surface area contributed by atoms with Crippen LogP contribution in [-0.4, -0.2) is 9.13 Å². The van der Waals surface area contributed by atoms with Gasteiger partial charge in [0.1, 0.15) is 0 Å². The summed E-state index contributed by atoms with van der Waals surface area (Å²) < 4.78 is 7.54. The number of hydrogen-bond donors (Lipinski definition) is 0. The van der Waals surface area contributed by atoms with Crippen molar-refractivity contribution in [3.63, 3.8) is 0 Å². The second-order valence-corrected chi connectivity index (χ2v) is 14.0. The van der Waals surface area contributed by atoms with Gasteiger partial charge < -0.3 is 9.13 Å². The van der Waals surface area contributed by atoms with Crippen molar-refractivity contribution < 1.29 is 0 Å². The zero-order chi connectivity index (χ0) is 32.1. The molecule has 0 fully saturated rings. The third-order valence-corrected chi connectivity index (χ3v) is 11.4. The number of benzene rings is 8. The molecular formula is C46H28N2S. The molecule has 3 aromatic heterocycles. The SMILES string of the molecule is c1ccc2cc(-n3c4ccccc4c4c5c6ccccc6n(-c6ccc(-c7ccc8c(c7)sc7ccccc78)cc6)c5ccc43)ccc2c1. The van der Waals surface area contributed by atoms with Gasteiger partial charge in [-0.05, 0) is 82.6 Å². The molecule has 0 aliphatic rings. The molecule has 11 aromatic rings. The summed E-state index contributed by atoms with van der Waals surface area (Å²) in [6, 6.07) is 62.4. The molecule has 0 amide bonds. The summed E-state index contributed by atoms with van der Waals surface area (Å²) >= 11 is 1.87. The molecule has 0 spiro atoms. The lowest BCUT2D eigenvalue weighted by atomic mass is 10.0. The van der Waals surface area contributed by atoms with Crippen molar-refractivity contribution in [2.24, 2.45) is 0 Å². The first-order chi connectivity index (χ1) is 24.3. The summed E-state index contributed by atoms with van der Waals surface area (Å²) in [6.07, 6.45) is 0. The Bertz CT molecular complexity index is 3100. The van der Waals surface area contributed by atoms with Crippen LogP contribution in [0.3, 0.4) is 0 Å². The van der Waals surface area contributed by atoms with Crippen molar-refractivity contribution in [1.82, 2.24) is 9.13 Å². The molecule has 3 heterocycles. The third-order valence-electron chi connectivity index (χ3n) is 10.3. The molecule has 2 nitrogen and oxygen atoms in total. The lowest BCUT2D eigenvalue weighted by molar-refractivity contribution is 1.17. The predicted molar refractivity (Wildman–Crippen MR) is 211 cm³/mol. The lowest BCUT2D eigenvalue weighted by Crippen LogP contribution is -1.95. The lowest BCUT2D eigenvalue weighted by Gasteiger charge is -2.11. The van der Waals surface area contributed by atoms with E-state index in [-0.39, 0.29) is 0 Å². The smallest absolute Gasteiger partial charge is 0.0548 e. The Morgan fingerprint density at radius 3 is 1.61 bits per heavy atom. The monoisotopic (exact) mass is 640 g/mol. The summed E-state index contributed by atoms with van der Waals surface area (Å²) in [5.74, 6) is 0. The second kappa shape index (κ2) is 10.2. The van der Waals surface area contributed by atoms with Crippen LogP contribution >= 0.6 is 11.3 Å². The highest BCUT2D eigenvalue weighted by atomic mass is 32.1. The number of thiophene rings is 1. The Morgan fingerprint density at radius 1 is 0.327 bits per heavy atom. The normalized spacial score (nSPS) is 12.1. The van der Waals surface area contributed by atoms with Gasteiger partial charge in [0.2, 0.25) is 0 Å². The van der Waals surface area contributed by atoms with Crippen LogP contribution in [0.1, 0.15) is 0 Å². The quantitative estimate of drug-likeness (QED) is 0.182. The van der Waals surface area contributed by atoms with Gasteiger partial charge in [-0.2, -0.15) is 0 Å². The molecule has 8 aromatic carbocycles. The number of para-hydroxylation sites is 2. The summed E-state index contributed by atoms with van der Waals surface area (Å²) in [5.41, 5.74) is 9.69. The van der Waals surface area contributed by atoms with Crippen molar-refractivity contribution in [3.8, 4) is 22.5 Å². The molecular weight excluding hydrogens is 613 g/mol. The van der Waals surface area contributed by atoms with E-state index < -0.39 is 0 Å². The van der Waals surface area contributed by atoms with Crippen LogP contribution in [0.2, 0.25) is 0 Å². The highest BCUT2D eigenvalue weighted by Gasteiger charge is 2.20. The zero-order valence-corrected chi connectivity index (χ0v) is 27.3. The van der Waals surface area contributed by atoms with Gasteiger partial charge in [-0.15, -0.1) is 11.3 Å². The number of aromatic nitrogens is 2. The van der Waals surface area contributed by atoms with Crippen LogP contribution in [0.25, 0.3) is 97.1 Å². The van der Waals surface area contributed by atoms with Crippen molar-refractivity contribution >= 4 is 85.9 Å². The highest BCUT2D eigenvalue weighted by molar-refractivity contribution is 7.25. The Hall–Kier alpha value is -6.16. The fourth-order valence-corrected chi connectivity index (χ4v) is 9.24. The Balaban J connectivity index is 1.11. The summed E-state index contributed by atoms with van der Waals surface area (Å²) in [5, 5.41) is 10.3. The minimum atomic E-state index is 1.16. The molecule has 0 bridgehead atoms. The van der Waals surface area contributed by atoms with Gasteiger partial charge in [0.25, 0.3) is 0 Å². The standard InChI is InChI=1S/C46H28N2S/c1-2-10-31-27-34(23-19-29(31)9-1)48-40-15-7-4-13-38(40)46-42(48)26-25-41-45(46)37-12-3-6-14-39(37)47(41)33-21-17-30(18-22-33)32-20-24-36-35-11-5-8-16-43(35)49-44(36)28-32/h1-28H. The van der Waals surface area contributed by atoms with Crippen LogP contribution in [-0.2, 0) is 0 Å². The molecule has 0 radical (unpaired) electrons. The van der Waals surface area contributed by atoms with Crippen LogP contribution in [0, 0.1) is 0 Å². The third kappa shape index (κ3) is 3.88. The molecule has 49 heavy (non-hydrogen) atoms. The first kappa shape index (κ1) is 26.9. The second-order valence-electron chi connectivity index (χ2n) is 12.9. The van der Waals surface area contributed by atoms with Crippen molar-refractivity contribution in [3.05, 3.63) is 170 Å². The van der Waals surface area contributed by atoms with Crippen LogP contribution in [0.15, 0.2) is 170 Å². The van der Waals surface area contributed by atoms with Gasteiger partial charge in [-0.3, -0.25) is 0 Å². The van der Waals surface area contributed by atoms with Crippen molar-refractivity contribution in [1.29, 1.82) is 0 Å². The maximum atomic E-state index is 2.44. The molecule has 0 saturated heterocycles. The Labute approximate surface area is 286 Å². The zero-order valence-electron chi connectivity index (χ0n) is 26.5. The van der Waals surface area contributed by atoms with Gasteiger partial charge in [-0.25, -0.2) is 0 Å². The first-order valence-corrected chi connectivity index (χ1v) is 17.6. The number of hydrogen-bond acceptors (Lipinski definition) is 1. The van der Waals surface area contributed by atoms with Gasteiger partial charge in [-0.1, -0.05) is 109 Å². The van der Waals surface area contributed by atoms with Crippen molar-refractivity contribution in [2.45, 2.75) is 0 Å². The van der Waals surface area contributed by atoms with Gasteiger partial charge in [0, 0.05) is 53.1 Å². The summed E-state index contributed by atoms with van der Waals surface area (Å²) in [4.78, 5) is 0. The minimum Gasteiger partial charge on any atom is -0.309 e. The molecule has 0 saturated carbocycles. The number of fused-ring (bicyclic) bond motifs is 11. The minimum absolute atomic E-state index is 1.16. The molecule has 3 heteroatoms. The predicted octanol–water partition coefficient (Wildman–Crippen LogP) is 13.1. The maximum Gasteiger partial charge on any atom is 0.0548 e. The molecule has 0 aliphatic carbocycles. The Morgan fingerprint density at radius 2 is 0.878 bits per heavy atom. The topological polar surface area (TPSA) is 9.86 Å². The van der Waals surface area contributed by atoms with E-state index in [2.05, 4.69) is 179 Å². The van der Waals surface area contributed by atoms with Crippen LogP contribution < -0.4 is 0 Å². The van der Waals surface area contributed by atoms with Gasteiger partial charge >= 0.3 is 0 Å². The van der Waals surface area contributed by atoms with Crippen LogP contribution in [0.4, 0.5) is 0 Å². The van der Waals surface area contributed by atoms with Crippen molar-refractivity contribution in [2.75, 3.05) is 0 Å². The average molecular weight is 641 g/mol. The molecule has 0 N–H and O–H groups in total. The number of nitrogens with zero attached hydrogens (tertiary/aromatic N) is 2. The Kier molecular flexibility index (Phi) is 5.57. The van der Waals surface area contributed by atoms with E-state index >= 15 is 0 Å². The largest absolute Gasteiger partial charge is 0.309 e. The van der Waals surface area contributed by atoms with E-state index in [1.165, 1.54) is 91.4 Å². The van der Waals surface area contributed by atoms with E-state index in [1.54, 1.807) is 0 Å². The fraction of sp³-hybridized carbons (Fsp3) is 0. The summed E-state index contributed by atoms with van der Waals surface area (Å²) in [6.45, 7) is 0. The summed E-state index contributed by atoms with van der Waals surface area (Å²) in [7, 11) is 0. The molecule has 0 unspecified atom stereocenters. The van der Waals surface area contributed by atoms with E-state index in [9.17, 15) is 0 Å². The first-order valence-electron chi connectivity index (χ1n) is 16.8. The van der Waals surface area contributed by atoms with Gasteiger partial charge in [0.05, 0.1) is 22.1 Å². The fourth-order valence-electron chi connectivity index (χ4n) is 8.10. The average Bonchev–Trinajstić information content (AvgIpc) is 3.82. The van der Waals surface area contributed by atoms with E-state index in [0.717, 1.165) is 5.69 Å². The van der Waals surface area contributed by atoms with Crippen LogP contribution in [0.5, 0.6) is 0 Å². The van der Waals surface area contributed by atoms with E-state index in [0.29, 0.717) is 0 Å². The molecule has 11 rings (SSSR count). The highest BCUT2D eigenvalue weighted by Crippen LogP contribution is 2.43. The van der Waals surface area contributed by atoms with E-state index in [4.69, 9.17) is 0 Å². The van der Waals surface area contributed by atoms with E-state index in [1.807, 2.05) is 11.3 Å².